The van der Waals surface area contributed by atoms with Gasteiger partial charge in [0.25, 0.3) is 0 Å². The molecule has 4 nitrogen and oxygen atoms in total. The summed E-state index contributed by atoms with van der Waals surface area (Å²) in [4.78, 5) is 13.4. The molecular formula is C11H23N3O. The summed E-state index contributed by atoms with van der Waals surface area (Å²) in [6.07, 6.45) is 3.26. The number of carbonyl (C=O) groups excluding carboxylic acids is 1. The van der Waals surface area contributed by atoms with Crippen LogP contribution in [0, 0.1) is 0 Å². The third kappa shape index (κ3) is 4.62. The number of nitrogens with zero attached hydrogens (tertiary/aromatic N) is 1. The van der Waals surface area contributed by atoms with Crippen molar-refractivity contribution in [2.24, 2.45) is 0 Å². The second-order valence-electron chi connectivity index (χ2n) is 4.37. The maximum atomic E-state index is 10.9. The van der Waals surface area contributed by atoms with Gasteiger partial charge in [-0.3, -0.25) is 9.69 Å². The minimum absolute atomic E-state index is 0.103. The quantitative estimate of drug-likeness (QED) is 0.594. The van der Waals surface area contributed by atoms with Crippen LogP contribution in [0.1, 0.15) is 26.2 Å². The predicted octanol–water partition coefficient (Wildman–Crippen LogP) is 0.195. The molecule has 0 spiro atoms. The van der Waals surface area contributed by atoms with E-state index >= 15 is 0 Å². The van der Waals surface area contributed by atoms with Crippen LogP contribution in [0.15, 0.2) is 0 Å². The Bertz CT molecular complexity index is 204. The van der Waals surface area contributed by atoms with Crippen LogP contribution in [-0.4, -0.2) is 50.1 Å². The van der Waals surface area contributed by atoms with Crippen LogP contribution >= 0.6 is 0 Å². The molecule has 1 amide bonds. The fourth-order valence-electron chi connectivity index (χ4n) is 1.62. The zero-order valence-corrected chi connectivity index (χ0v) is 10.0. The first-order valence-electron chi connectivity index (χ1n) is 5.78. The Kier molecular flexibility index (Phi) is 5.05. The standard InChI is InChI=1S/C11H23N3O/c1-9(14(3)10-4-5-10)8-13-7-6-11(15)12-2/h9-10,13H,4-8H2,1-3H3,(H,12,15). The van der Waals surface area contributed by atoms with Crippen molar-refractivity contribution in [3.05, 3.63) is 0 Å². The van der Waals surface area contributed by atoms with E-state index in [-0.39, 0.29) is 5.91 Å². The van der Waals surface area contributed by atoms with E-state index in [0.29, 0.717) is 12.5 Å². The smallest absolute Gasteiger partial charge is 0.221 e. The topological polar surface area (TPSA) is 44.4 Å². The lowest BCUT2D eigenvalue weighted by molar-refractivity contribution is -0.120. The summed E-state index contributed by atoms with van der Waals surface area (Å²) in [5, 5.41) is 5.93. The minimum atomic E-state index is 0.103. The minimum Gasteiger partial charge on any atom is -0.359 e. The summed E-state index contributed by atoms with van der Waals surface area (Å²) >= 11 is 0. The molecule has 1 unspecified atom stereocenters. The Balaban J connectivity index is 2.01. The van der Waals surface area contributed by atoms with E-state index in [9.17, 15) is 4.79 Å². The molecule has 15 heavy (non-hydrogen) atoms. The number of carbonyl (C=O) groups is 1. The third-order valence-electron chi connectivity index (χ3n) is 3.07. The molecular weight excluding hydrogens is 190 g/mol. The van der Waals surface area contributed by atoms with Gasteiger partial charge >= 0.3 is 0 Å². The molecule has 0 aromatic rings. The number of likely N-dealkylation sites (N-methyl/N-ethyl adjacent to an activating group) is 1. The molecule has 0 heterocycles. The number of rotatable bonds is 7. The van der Waals surface area contributed by atoms with E-state index in [1.807, 2.05) is 0 Å². The highest BCUT2D eigenvalue weighted by Crippen LogP contribution is 2.26. The van der Waals surface area contributed by atoms with E-state index in [1.54, 1.807) is 7.05 Å². The third-order valence-corrected chi connectivity index (χ3v) is 3.07. The van der Waals surface area contributed by atoms with Crippen LogP contribution < -0.4 is 10.6 Å². The monoisotopic (exact) mass is 213 g/mol. The van der Waals surface area contributed by atoms with Gasteiger partial charge in [0, 0.05) is 38.6 Å². The molecule has 0 aromatic heterocycles. The predicted molar refractivity (Wildman–Crippen MR) is 61.8 cm³/mol. The van der Waals surface area contributed by atoms with E-state index in [0.717, 1.165) is 19.1 Å². The van der Waals surface area contributed by atoms with Crippen LogP contribution in [0.2, 0.25) is 0 Å². The van der Waals surface area contributed by atoms with Gasteiger partial charge in [-0.2, -0.15) is 0 Å². The first-order chi connectivity index (χ1) is 7.15. The molecule has 1 fully saturated rings. The van der Waals surface area contributed by atoms with E-state index in [1.165, 1.54) is 12.8 Å². The summed E-state index contributed by atoms with van der Waals surface area (Å²) in [6, 6.07) is 1.36. The van der Waals surface area contributed by atoms with Crippen molar-refractivity contribution in [2.75, 3.05) is 27.2 Å². The van der Waals surface area contributed by atoms with Crippen molar-refractivity contribution in [2.45, 2.75) is 38.3 Å². The molecule has 4 heteroatoms. The lowest BCUT2D eigenvalue weighted by Crippen LogP contribution is -2.40. The van der Waals surface area contributed by atoms with Gasteiger partial charge in [-0.1, -0.05) is 0 Å². The molecule has 0 bridgehead atoms. The molecule has 88 valence electrons. The Labute approximate surface area is 92.4 Å². The van der Waals surface area contributed by atoms with Crippen molar-refractivity contribution in [1.29, 1.82) is 0 Å². The normalized spacial score (nSPS) is 17.9. The lowest BCUT2D eigenvalue weighted by Gasteiger charge is -2.24. The molecule has 0 aromatic carbocycles. The van der Waals surface area contributed by atoms with Gasteiger partial charge in [-0.25, -0.2) is 0 Å². The van der Waals surface area contributed by atoms with Crippen LogP contribution in [-0.2, 0) is 4.79 Å². The molecule has 1 aliphatic rings. The Morgan fingerprint density at radius 2 is 2.20 bits per heavy atom. The van der Waals surface area contributed by atoms with Gasteiger partial charge < -0.3 is 10.6 Å². The summed E-state index contributed by atoms with van der Waals surface area (Å²) in [7, 11) is 3.86. The maximum absolute atomic E-state index is 10.9. The first-order valence-corrected chi connectivity index (χ1v) is 5.78. The van der Waals surface area contributed by atoms with Crippen molar-refractivity contribution in [3.63, 3.8) is 0 Å². The second-order valence-corrected chi connectivity index (χ2v) is 4.37. The number of amides is 1. The highest BCUT2D eigenvalue weighted by molar-refractivity contribution is 5.75. The Hall–Kier alpha value is -0.610. The molecule has 0 aliphatic heterocycles. The van der Waals surface area contributed by atoms with Crippen molar-refractivity contribution in [1.82, 2.24) is 15.5 Å². The van der Waals surface area contributed by atoms with Gasteiger partial charge in [-0.05, 0) is 26.8 Å². The van der Waals surface area contributed by atoms with Crippen molar-refractivity contribution < 1.29 is 4.79 Å². The number of hydrogen-bond donors (Lipinski definition) is 2. The fraction of sp³-hybridized carbons (Fsp3) is 0.909. The van der Waals surface area contributed by atoms with Crippen LogP contribution in [0.5, 0.6) is 0 Å². The Morgan fingerprint density at radius 1 is 1.53 bits per heavy atom. The second kappa shape index (κ2) is 6.08. The zero-order valence-electron chi connectivity index (χ0n) is 10.0. The average molecular weight is 213 g/mol. The lowest BCUT2D eigenvalue weighted by atomic mass is 10.3. The summed E-state index contributed by atoms with van der Waals surface area (Å²) in [5.74, 6) is 0.103. The fourth-order valence-corrected chi connectivity index (χ4v) is 1.62. The van der Waals surface area contributed by atoms with Crippen LogP contribution in [0.25, 0.3) is 0 Å². The van der Waals surface area contributed by atoms with Gasteiger partial charge in [-0.15, -0.1) is 0 Å². The van der Waals surface area contributed by atoms with Gasteiger partial charge in [0.15, 0.2) is 0 Å². The maximum Gasteiger partial charge on any atom is 0.221 e. The van der Waals surface area contributed by atoms with E-state index < -0.39 is 0 Å². The molecule has 1 aliphatic carbocycles. The van der Waals surface area contributed by atoms with Gasteiger partial charge in [0.05, 0.1) is 0 Å². The van der Waals surface area contributed by atoms with Crippen molar-refractivity contribution >= 4 is 5.91 Å². The molecule has 0 saturated heterocycles. The summed E-state index contributed by atoms with van der Waals surface area (Å²) < 4.78 is 0. The van der Waals surface area contributed by atoms with Crippen LogP contribution in [0.4, 0.5) is 0 Å². The molecule has 2 N–H and O–H groups in total. The summed E-state index contributed by atoms with van der Waals surface area (Å²) in [5.41, 5.74) is 0. The van der Waals surface area contributed by atoms with Crippen molar-refractivity contribution in [3.8, 4) is 0 Å². The Morgan fingerprint density at radius 3 is 2.73 bits per heavy atom. The molecule has 1 saturated carbocycles. The molecule has 1 rings (SSSR count). The number of hydrogen-bond acceptors (Lipinski definition) is 3. The van der Waals surface area contributed by atoms with Crippen LogP contribution in [0.3, 0.4) is 0 Å². The zero-order chi connectivity index (χ0) is 11.3. The van der Waals surface area contributed by atoms with Gasteiger partial charge in [0.1, 0.15) is 0 Å². The molecule has 1 atom stereocenters. The highest BCUT2D eigenvalue weighted by atomic mass is 16.1. The first kappa shape index (κ1) is 12.5. The highest BCUT2D eigenvalue weighted by Gasteiger charge is 2.28. The summed E-state index contributed by atoms with van der Waals surface area (Å²) in [6.45, 7) is 3.96. The van der Waals surface area contributed by atoms with Gasteiger partial charge in [0.2, 0.25) is 5.91 Å². The molecule has 0 radical (unpaired) electrons. The SMILES string of the molecule is CNC(=O)CCNCC(C)N(C)C1CC1. The average Bonchev–Trinajstić information content (AvgIpc) is 3.06. The number of nitrogens with one attached hydrogen (secondary N) is 2. The van der Waals surface area contributed by atoms with E-state index in [2.05, 4.69) is 29.5 Å². The largest absolute Gasteiger partial charge is 0.359 e. The van der Waals surface area contributed by atoms with E-state index in [4.69, 9.17) is 0 Å².